The molecule has 9 nitrogen and oxygen atoms in total. The molecule has 1 fully saturated rings. The Hall–Kier alpha value is -4.60. The van der Waals surface area contributed by atoms with E-state index in [0.717, 1.165) is 57.7 Å². The number of hydrogen-bond acceptors (Lipinski definition) is 6. The lowest BCUT2D eigenvalue weighted by Gasteiger charge is -2.32. The van der Waals surface area contributed by atoms with Gasteiger partial charge in [-0.3, -0.25) is 9.36 Å². The molecule has 1 saturated heterocycles. The Kier molecular flexibility index (Phi) is 9.42. The first-order chi connectivity index (χ1) is 22.3. The summed E-state index contributed by atoms with van der Waals surface area (Å²) in [5.41, 5.74) is 8.18. The number of rotatable bonds is 11. The van der Waals surface area contributed by atoms with Crippen LogP contribution in [-0.4, -0.2) is 83.8 Å². The summed E-state index contributed by atoms with van der Waals surface area (Å²) >= 11 is 0. The van der Waals surface area contributed by atoms with Crippen LogP contribution >= 0.6 is 0 Å². The highest BCUT2D eigenvalue weighted by Gasteiger charge is 2.18. The van der Waals surface area contributed by atoms with Crippen molar-refractivity contribution >= 4 is 22.5 Å². The first kappa shape index (κ1) is 31.4. The Morgan fingerprint density at radius 2 is 1.65 bits per heavy atom. The van der Waals surface area contributed by atoms with E-state index in [1.54, 1.807) is 38.9 Å². The summed E-state index contributed by atoms with van der Waals surface area (Å²) in [7, 11) is 5.39. The van der Waals surface area contributed by atoms with E-state index >= 15 is 0 Å². The molecule has 0 spiro atoms. The van der Waals surface area contributed by atoms with Crippen molar-refractivity contribution in [1.29, 1.82) is 0 Å². The van der Waals surface area contributed by atoms with Crippen molar-refractivity contribution in [3.63, 3.8) is 0 Å². The normalized spacial score (nSPS) is 14.1. The van der Waals surface area contributed by atoms with E-state index in [1.807, 2.05) is 29.0 Å². The van der Waals surface area contributed by atoms with Gasteiger partial charge in [0.15, 0.2) is 0 Å². The van der Waals surface area contributed by atoms with Crippen LogP contribution in [0.5, 0.6) is 11.5 Å². The lowest BCUT2D eigenvalue weighted by molar-refractivity contribution is 0.102. The van der Waals surface area contributed by atoms with Gasteiger partial charge in [0.05, 0.1) is 20.5 Å². The number of aryl methyl sites for hydroxylation is 2. The Balaban J connectivity index is 1.15. The first-order valence-electron chi connectivity index (χ1n) is 16.0. The summed E-state index contributed by atoms with van der Waals surface area (Å²) in [5.74, 6) is 0.925. The predicted octanol–water partition coefficient (Wildman–Crippen LogP) is 5.94. The summed E-state index contributed by atoms with van der Waals surface area (Å²) < 4.78 is 15.6. The molecule has 240 valence electrons. The molecule has 0 radical (unpaired) electrons. The average molecular weight is 621 g/mol. The van der Waals surface area contributed by atoms with Crippen LogP contribution in [0, 0.1) is 13.8 Å². The number of nitrogens with zero attached hydrogens (tertiary/aromatic N) is 5. The molecule has 6 rings (SSSR count). The summed E-state index contributed by atoms with van der Waals surface area (Å²) in [6, 6.07) is 18.2. The molecule has 1 aliphatic rings. The number of nitrogens with one attached hydrogen (secondary N) is 1. The predicted molar refractivity (Wildman–Crippen MR) is 184 cm³/mol. The van der Waals surface area contributed by atoms with Crippen LogP contribution in [0.2, 0.25) is 0 Å². The molecule has 3 aromatic carbocycles. The molecule has 9 heteroatoms. The van der Waals surface area contributed by atoms with Crippen LogP contribution in [-0.2, 0) is 13.0 Å². The molecular weight excluding hydrogens is 576 g/mol. The molecule has 1 N–H and O–H groups in total. The van der Waals surface area contributed by atoms with Crippen LogP contribution < -0.4 is 14.8 Å². The maximum Gasteiger partial charge on any atom is 0.255 e. The van der Waals surface area contributed by atoms with Crippen LogP contribution in [0.3, 0.4) is 0 Å². The second-order valence-corrected chi connectivity index (χ2v) is 12.2. The number of hydrogen-bond donors (Lipinski definition) is 1. The van der Waals surface area contributed by atoms with Crippen molar-refractivity contribution in [3.8, 4) is 17.2 Å². The highest BCUT2D eigenvalue weighted by molar-refractivity contribution is 6.04. The number of aromatic nitrogens is 3. The lowest BCUT2D eigenvalue weighted by atomic mass is 10.0. The molecule has 0 unspecified atom stereocenters. The Labute approximate surface area is 271 Å². The van der Waals surface area contributed by atoms with E-state index < -0.39 is 0 Å². The summed E-state index contributed by atoms with van der Waals surface area (Å²) in [6.45, 7) is 11.3. The molecule has 0 saturated carbocycles. The van der Waals surface area contributed by atoms with Crippen LogP contribution in [0.1, 0.15) is 39.2 Å². The topological polar surface area (TPSA) is 76.8 Å². The van der Waals surface area contributed by atoms with E-state index in [2.05, 4.69) is 69.8 Å². The van der Waals surface area contributed by atoms with Crippen molar-refractivity contribution in [1.82, 2.24) is 23.9 Å². The van der Waals surface area contributed by atoms with Gasteiger partial charge in [0.1, 0.15) is 17.2 Å². The number of carbonyl (C=O) groups is 1. The van der Waals surface area contributed by atoms with E-state index in [0.29, 0.717) is 28.4 Å². The number of carbonyl (C=O) groups excluding carboxylic acids is 1. The summed E-state index contributed by atoms with van der Waals surface area (Å²) in [5, 5.41) is 4.33. The van der Waals surface area contributed by atoms with E-state index in [1.165, 1.54) is 27.7 Å². The van der Waals surface area contributed by atoms with Gasteiger partial charge in [-0.2, -0.15) is 0 Å². The van der Waals surface area contributed by atoms with Crippen molar-refractivity contribution in [2.24, 2.45) is 0 Å². The number of benzene rings is 3. The maximum absolute atomic E-state index is 13.4. The van der Waals surface area contributed by atoms with Crippen molar-refractivity contribution in [3.05, 3.63) is 101 Å². The minimum absolute atomic E-state index is 0.197. The van der Waals surface area contributed by atoms with Crippen LogP contribution in [0.15, 0.2) is 73.3 Å². The number of anilines is 1. The zero-order valence-electron chi connectivity index (χ0n) is 27.5. The van der Waals surface area contributed by atoms with E-state index in [4.69, 9.17) is 9.47 Å². The van der Waals surface area contributed by atoms with Crippen LogP contribution in [0.25, 0.3) is 16.6 Å². The standard InChI is InChI=1S/C37H44N6O3/c1-26-27(2)43(14-7-13-41-18-16-40(3)17-19-41)33-11-10-29(22-32(26)33)20-28-8-6-9-30(21-28)37(44)39-31-23-34(45-4)36(35(24-31)46-5)42-15-12-38-25-42/h6,8-12,15,21-25H,7,13-14,16-20H2,1-5H3,(H,39,44). The smallest absolute Gasteiger partial charge is 0.255 e. The number of ether oxygens (including phenoxy) is 2. The molecule has 2 aromatic heterocycles. The third-order valence-electron chi connectivity index (χ3n) is 9.25. The SMILES string of the molecule is COc1cc(NC(=O)c2cccc(Cc3ccc4c(c3)c(C)c(C)n4CCCN3CCN(C)CC3)c2)cc(OC)c1-n1ccnc1. The Bertz CT molecular complexity index is 1790. The number of amides is 1. The molecule has 46 heavy (non-hydrogen) atoms. The number of methoxy groups -OCH3 is 2. The first-order valence-corrected chi connectivity index (χ1v) is 16.0. The zero-order valence-corrected chi connectivity index (χ0v) is 27.5. The van der Waals surface area contributed by atoms with Gasteiger partial charge in [-0.15, -0.1) is 0 Å². The number of piperazine rings is 1. The van der Waals surface area contributed by atoms with Gasteiger partial charge >= 0.3 is 0 Å². The minimum atomic E-state index is -0.197. The third kappa shape index (κ3) is 6.66. The molecule has 3 heterocycles. The fourth-order valence-electron chi connectivity index (χ4n) is 6.49. The van der Waals surface area contributed by atoms with Gasteiger partial charge in [-0.1, -0.05) is 18.2 Å². The highest BCUT2D eigenvalue weighted by Crippen LogP contribution is 2.36. The molecule has 0 atom stereocenters. The van der Waals surface area contributed by atoms with Gasteiger partial charge < -0.3 is 29.2 Å². The molecule has 0 aliphatic carbocycles. The fraction of sp³-hybridized carbons (Fsp3) is 0.351. The van der Waals surface area contributed by atoms with Gasteiger partial charge in [0.25, 0.3) is 5.91 Å². The zero-order chi connectivity index (χ0) is 32.2. The number of fused-ring (bicyclic) bond motifs is 1. The van der Waals surface area contributed by atoms with E-state index in [-0.39, 0.29) is 5.91 Å². The Morgan fingerprint density at radius 1 is 0.913 bits per heavy atom. The lowest BCUT2D eigenvalue weighted by Crippen LogP contribution is -2.44. The molecular formula is C37H44N6O3. The quantitative estimate of drug-likeness (QED) is 0.197. The van der Waals surface area contributed by atoms with Crippen molar-refractivity contribution in [2.45, 2.75) is 33.2 Å². The highest BCUT2D eigenvalue weighted by atomic mass is 16.5. The maximum atomic E-state index is 13.4. The largest absolute Gasteiger partial charge is 0.494 e. The number of imidazole rings is 1. The number of likely N-dealkylation sites (N-methyl/N-ethyl adjacent to an activating group) is 1. The molecule has 1 aliphatic heterocycles. The van der Waals surface area contributed by atoms with Crippen LogP contribution in [0.4, 0.5) is 5.69 Å². The third-order valence-corrected chi connectivity index (χ3v) is 9.25. The van der Waals surface area contributed by atoms with Gasteiger partial charge in [-0.05, 0) is 81.2 Å². The average Bonchev–Trinajstić information content (AvgIpc) is 3.68. The molecule has 1 amide bonds. The second-order valence-electron chi connectivity index (χ2n) is 12.2. The van der Waals surface area contributed by atoms with Gasteiger partial charge in [-0.25, -0.2) is 4.98 Å². The van der Waals surface area contributed by atoms with Crippen molar-refractivity contribution < 1.29 is 14.3 Å². The Morgan fingerprint density at radius 3 is 2.35 bits per heavy atom. The van der Waals surface area contributed by atoms with Gasteiger partial charge in [0.2, 0.25) is 0 Å². The minimum Gasteiger partial charge on any atom is -0.494 e. The summed E-state index contributed by atoms with van der Waals surface area (Å²) in [4.78, 5) is 22.5. The molecule has 0 bridgehead atoms. The van der Waals surface area contributed by atoms with Crippen molar-refractivity contribution in [2.75, 3.05) is 59.3 Å². The second kappa shape index (κ2) is 13.8. The fourth-order valence-corrected chi connectivity index (χ4v) is 6.49. The molecule has 5 aromatic rings. The van der Waals surface area contributed by atoms with Gasteiger partial charge in [0, 0.05) is 85.1 Å². The summed E-state index contributed by atoms with van der Waals surface area (Å²) in [6.07, 6.45) is 7.08. The van der Waals surface area contributed by atoms with E-state index in [9.17, 15) is 4.79 Å². The monoisotopic (exact) mass is 620 g/mol.